The van der Waals surface area contributed by atoms with E-state index in [0.717, 1.165) is 56.4 Å². The number of hydrogen-bond donors (Lipinski definition) is 0. The molecule has 2 aromatic heterocycles. The van der Waals surface area contributed by atoms with Crippen LogP contribution in [-0.4, -0.2) is 24.4 Å². The third-order valence-electron chi connectivity index (χ3n) is 11.2. The predicted molar refractivity (Wildman–Crippen MR) is 204 cm³/mol. The van der Waals surface area contributed by atoms with Crippen molar-refractivity contribution in [1.29, 1.82) is 0 Å². The Hall–Kier alpha value is -3.97. The second-order valence-electron chi connectivity index (χ2n) is 14.1. The lowest BCUT2D eigenvalue weighted by Crippen LogP contribution is -2.46. The Balaban J connectivity index is 1.12. The van der Waals surface area contributed by atoms with E-state index in [2.05, 4.69) is 94.3 Å². The van der Waals surface area contributed by atoms with Crippen molar-refractivity contribution in [2.24, 2.45) is 17.8 Å². The standard InChI is InChI=1S/C43H41IN4/c44-28-38(42-47-40(33-8-3-1-4-9-33)46-41(48-42)34-10-5-2-6-11-34)25-35(36-12-7-23-45-29-36)18-13-30-15-19-39(20-16-30)43-22-21-32-17-14-31(26-43)24-37(32)27-43/h1-12,15-16,18-20,23,25,29,31-32,37H,13-14,17,21-22,24,26-28H2/b35-18+,38-25+. The first-order valence-corrected chi connectivity index (χ1v) is 19.0. The van der Waals surface area contributed by atoms with E-state index in [9.17, 15) is 0 Å². The Bertz CT molecular complexity index is 1860. The van der Waals surface area contributed by atoms with Crippen LogP contribution in [-0.2, 0) is 11.8 Å². The molecule has 3 fully saturated rings. The van der Waals surface area contributed by atoms with Crippen LogP contribution in [0.15, 0.2) is 122 Å². The Morgan fingerprint density at radius 1 is 0.750 bits per heavy atom. The van der Waals surface area contributed by atoms with Gasteiger partial charge in [0.15, 0.2) is 17.5 Å². The summed E-state index contributed by atoms with van der Waals surface area (Å²) in [7, 11) is 0. The fourth-order valence-electron chi connectivity index (χ4n) is 8.74. The minimum atomic E-state index is 0.416. The van der Waals surface area contributed by atoms with E-state index in [1.165, 1.54) is 50.5 Å². The molecule has 2 heterocycles. The van der Waals surface area contributed by atoms with Gasteiger partial charge in [0.1, 0.15) is 0 Å². The Morgan fingerprint density at radius 2 is 1.48 bits per heavy atom. The third-order valence-corrected chi connectivity index (χ3v) is 12.0. The van der Waals surface area contributed by atoms with E-state index in [0.29, 0.717) is 22.9 Å². The fourth-order valence-corrected chi connectivity index (χ4v) is 9.30. The zero-order valence-electron chi connectivity index (χ0n) is 27.3. The van der Waals surface area contributed by atoms with E-state index >= 15 is 0 Å². The quantitative estimate of drug-likeness (QED) is 0.0858. The zero-order valence-corrected chi connectivity index (χ0v) is 29.5. The first kappa shape index (κ1) is 31.3. The molecule has 240 valence electrons. The van der Waals surface area contributed by atoms with Gasteiger partial charge in [0.05, 0.1) is 0 Å². The lowest BCUT2D eigenvalue weighted by molar-refractivity contribution is 0.00963. The third kappa shape index (κ3) is 6.54. The monoisotopic (exact) mass is 740 g/mol. The molecule has 3 aromatic carbocycles. The van der Waals surface area contributed by atoms with Crippen LogP contribution < -0.4 is 0 Å². The van der Waals surface area contributed by atoms with Gasteiger partial charge < -0.3 is 0 Å². The molecule has 8 rings (SSSR count). The fraction of sp³-hybridized carbons (Fsp3) is 0.302. The molecule has 3 saturated carbocycles. The summed E-state index contributed by atoms with van der Waals surface area (Å²) in [5, 5.41) is 0. The van der Waals surface area contributed by atoms with Gasteiger partial charge in [-0.2, -0.15) is 0 Å². The minimum absolute atomic E-state index is 0.416. The molecule has 3 aliphatic carbocycles. The average Bonchev–Trinajstić information content (AvgIpc) is 3.15. The van der Waals surface area contributed by atoms with Crippen LogP contribution in [0.4, 0.5) is 0 Å². The van der Waals surface area contributed by atoms with E-state index in [4.69, 9.17) is 15.0 Å². The first-order chi connectivity index (χ1) is 23.7. The van der Waals surface area contributed by atoms with Gasteiger partial charge in [0, 0.05) is 33.5 Å². The van der Waals surface area contributed by atoms with Gasteiger partial charge in [-0.15, -0.1) is 0 Å². The summed E-state index contributed by atoms with van der Waals surface area (Å²) in [4.78, 5) is 19.4. The van der Waals surface area contributed by atoms with Crippen molar-refractivity contribution in [3.05, 3.63) is 144 Å². The summed E-state index contributed by atoms with van der Waals surface area (Å²) in [6, 6.07) is 34.2. The van der Waals surface area contributed by atoms with E-state index in [1.54, 1.807) is 5.56 Å². The molecule has 0 amide bonds. The van der Waals surface area contributed by atoms with Crippen LogP contribution in [0, 0.1) is 17.8 Å². The minimum Gasteiger partial charge on any atom is -0.264 e. The van der Waals surface area contributed by atoms with Crippen molar-refractivity contribution in [1.82, 2.24) is 19.9 Å². The number of allylic oxidation sites excluding steroid dienone is 4. The Labute approximate surface area is 298 Å². The summed E-state index contributed by atoms with van der Waals surface area (Å²) in [5.41, 5.74) is 8.55. The summed E-state index contributed by atoms with van der Waals surface area (Å²) < 4.78 is 0.751. The molecule has 48 heavy (non-hydrogen) atoms. The maximum absolute atomic E-state index is 5.02. The maximum Gasteiger partial charge on any atom is 0.164 e. The van der Waals surface area contributed by atoms with Gasteiger partial charge in [-0.05, 0) is 103 Å². The number of rotatable bonds is 9. The van der Waals surface area contributed by atoms with Crippen LogP contribution in [0.25, 0.3) is 33.9 Å². The van der Waals surface area contributed by atoms with Gasteiger partial charge in [-0.3, -0.25) is 4.98 Å². The molecule has 0 N–H and O–H groups in total. The molecule has 3 bridgehead atoms. The van der Waals surface area contributed by atoms with Crippen LogP contribution in [0.3, 0.4) is 0 Å². The second-order valence-corrected chi connectivity index (χ2v) is 14.8. The number of halogens is 1. The molecule has 5 aromatic rings. The highest BCUT2D eigenvalue weighted by atomic mass is 127. The molecule has 5 heteroatoms. The largest absolute Gasteiger partial charge is 0.264 e. The number of aromatic nitrogens is 4. The van der Waals surface area contributed by atoms with Gasteiger partial charge in [-0.1, -0.05) is 126 Å². The van der Waals surface area contributed by atoms with Crippen molar-refractivity contribution in [3.8, 4) is 22.8 Å². The Morgan fingerprint density at radius 3 is 2.15 bits per heavy atom. The first-order valence-electron chi connectivity index (χ1n) is 17.5. The smallest absolute Gasteiger partial charge is 0.164 e. The van der Waals surface area contributed by atoms with Crippen molar-refractivity contribution in [3.63, 3.8) is 0 Å². The van der Waals surface area contributed by atoms with Crippen LogP contribution in [0.2, 0.25) is 0 Å². The summed E-state index contributed by atoms with van der Waals surface area (Å²) in [6.07, 6.45) is 19.3. The van der Waals surface area contributed by atoms with Gasteiger partial charge >= 0.3 is 0 Å². The molecule has 0 radical (unpaired) electrons. The molecule has 0 saturated heterocycles. The normalized spacial score (nSPS) is 23.6. The maximum atomic E-state index is 5.02. The average molecular weight is 741 g/mol. The summed E-state index contributed by atoms with van der Waals surface area (Å²) >= 11 is 2.43. The number of fused-ring (bicyclic) bond motifs is 2. The zero-order chi connectivity index (χ0) is 32.3. The predicted octanol–water partition coefficient (Wildman–Crippen LogP) is 10.6. The van der Waals surface area contributed by atoms with Crippen molar-refractivity contribution in [2.45, 2.75) is 56.8 Å². The summed E-state index contributed by atoms with van der Waals surface area (Å²) in [6.45, 7) is 0. The summed E-state index contributed by atoms with van der Waals surface area (Å²) in [5.74, 6) is 4.96. The molecular weight excluding hydrogens is 699 g/mol. The van der Waals surface area contributed by atoms with E-state index < -0.39 is 0 Å². The highest BCUT2D eigenvalue weighted by Gasteiger charge is 2.49. The molecular formula is C43H41IN4. The van der Waals surface area contributed by atoms with Crippen molar-refractivity contribution in [2.75, 3.05) is 4.43 Å². The number of benzene rings is 3. The van der Waals surface area contributed by atoms with Crippen molar-refractivity contribution < 1.29 is 0 Å². The highest BCUT2D eigenvalue weighted by molar-refractivity contribution is 14.1. The lowest BCUT2D eigenvalue weighted by Gasteiger charge is -2.55. The molecule has 0 aliphatic heterocycles. The molecule has 0 spiro atoms. The van der Waals surface area contributed by atoms with Crippen LogP contribution in [0.1, 0.15) is 67.5 Å². The molecule has 3 aliphatic rings. The van der Waals surface area contributed by atoms with Crippen LogP contribution in [0.5, 0.6) is 0 Å². The van der Waals surface area contributed by atoms with E-state index in [-0.39, 0.29) is 0 Å². The number of nitrogens with zero attached hydrogens (tertiary/aromatic N) is 4. The van der Waals surface area contributed by atoms with Gasteiger partial charge in [0.25, 0.3) is 0 Å². The lowest BCUT2D eigenvalue weighted by atomic mass is 9.50. The number of pyridine rings is 1. The highest BCUT2D eigenvalue weighted by Crippen LogP contribution is 2.59. The number of hydrogen-bond acceptors (Lipinski definition) is 4. The SMILES string of the molecule is IC/C(=C\C(=C/Cc1ccc(C23CCC4CCC(CC4C2)C3)cc1)c1cccnc1)c1nc(-c2ccccc2)nc(-c2ccccc2)n1. The molecule has 4 nitrogen and oxygen atoms in total. The topological polar surface area (TPSA) is 51.6 Å². The molecule has 4 atom stereocenters. The second kappa shape index (κ2) is 13.9. The number of alkyl halides is 1. The van der Waals surface area contributed by atoms with Crippen molar-refractivity contribution >= 4 is 33.7 Å². The Kier molecular flexibility index (Phi) is 9.05. The van der Waals surface area contributed by atoms with E-state index in [1.807, 2.05) is 54.9 Å². The van der Waals surface area contributed by atoms with Gasteiger partial charge in [0.2, 0.25) is 0 Å². The van der Waals surface area contributed by atoms with Crippen LogP contribution >= 0.6 is 22.6 Å². The molecule has 4 unspecified atom stereocenters. The van der Waals surface area contributed by atoms with Gasteiger partial charge in [-0.25, -0.2) is 15.0 Å².